The summed E-state index contributed by atoms with van der Waals surface area (Å²) in [6.45, 7) is 3.35. The summed E-state index contributed by atoms with van der Waals surface area (Å²) in [5.41, 5.74) is 3.05. The molecule has 0 aliphatic carbocycles. The molecule has 1 N–H and O–H groups in total. The predicted molar refractivity (Wildman–Crippen MR) is 87.2 cm³/mol. The van der Waals surface area contributed by atoms with Crippen molar-refractivity contribution in [2.75, 3.05) is 13.7 Å². The largest absolute Gasteiger partial charge is 0.353 e. The van der Waals surface area contributed by atoms with Crippen LogP contribution in [-0.2, 0) is 16.1 Å². The van der Waals surface area contributed by atoms with E-state index in [2.05, 4.69) is 34.7 Å². The van der Waals surface area contributed by atoms with Crippen LogP contribution in [0.5, 0.6) is 0 Å². The normalized spacial score (nSPS) is 19.7. The summed E-state index contributed by atoms with van der Waals surface area (Å²) in [7, 11) is 1.96. The molecule has 1 aliphatic heterocycles. The Hall–Kier alpha value is -1.76. The molecule has 6 heteroatoms. The molecule has 3 rings (SSSR count). The van der Waals surface area contributed by atoms with Crippen molar-refractivity contribution in [1.29, 1.82) is 0 Å². The van der Waals surface area contributed by atoms with Crippen molar-refractivity contribution in [3.63, 3.8) is 0 Å². The Morgan fingerprint density at radius 1 is 1.35 bits per heavy atom. The van der Waals surface area contributed by atoms with E-state index in [1.54, 1.807) is 4.68 Å². The average Bonchev–Trinajstić information content (AvgIpc) is 3.09. The maximum Gasteiger partial charge on any atom is 0.158 e. The maximum atomic E-state index is 5.74. The van der Waals surface area contributed by atoms with Gasteiger partial charge in [-0.25, -0.2) is 4.68 Å². The summed E-state index contributed by atoms with van der Waals surface area (Å²) in [6.07, 6.45) is 5.04. The van der Waals surface area contributed by atoms with Gasteiger partial charge in [-0.3, -0.25) is 0 Å². The second-order valence-electron chi connectivity index (χ2n) is 5.86. The van der Waals surface area contributed by atoms with E-state index in [1.165, 1.54) is 5.56 Å². The van der Waals surface area contributed by atoms with E-state index in [-0.39, 0.29) is 6.29 Å². The Kier molecular flexibility index (Phi) is 5.38. The van der Waals surface area contributed by atoms with Gasteiger partial charge in [0.25, 0.3) is 0 Å². The molecular weight excluding hydrogens is 292 g/mol. The van der Waals surface area contributed by atoms with Gasteiger partial charge >= 0.3 is 0 Å². The van der Waals surface area contributed by atoms with Crippen molar-refractivity contribution in [3.05, 3.63) is 41.7 Å². The lowest BCUT2D eigenvalue weighted by Crippen LogP contribution is -2.22. The van der Waals surface area contributed by atoms with Crippen LogP contribution < -0.4 is 5.32 Å². The van der Waals surface area contributed by atoms with E-state index in [1.807, 2.05) is 25.4 Å². The smallest absolute Gasteiger partial charge is 0.158 e. The summed E-state index contributed by atoms with van der Waals surface area (Å²) in [5, 5.41) is 11.6. The molecule has 1 saturated heterocycles. The SMILES string of the molecule is CNC(C)c1ccc(-n2cc(COC3CCCCO3)nn2)cc1. The fourth-order valence-corrected chi connectivity index (χ4v) is 2.59. The molecule has 124 valence electrons. The lowest BCUT2D eigenvalue weighted by atomic mass is 10.1. The lowest BCUT2D eigenvalue weighted by molar-refractivity contribution is -0.169. The standard InChI is InChI=1S/C17H24N4O2/c1-13(18-2)14-6-8-16(9-7-14)21-11-15(19-20-21)12-23-17-5-3-4-10-22-17/h6-9,11,13,17-18H,3-5,10,12H2,1-2H3. The minimum atomic E-state index is -0.101. The van der Waals surface area contributed by atoms with Gasteiger partial charge < -0.3 is 14.8 Å². The topological polar surface area (TPSA) is 61.2 Å². The molecule has 1 aromatic heterocycles. The molecule has 1 aliphatic rings. The van der Waals surface area contributed by atoms with Crippen LogP contribution in [0.2, 0.25) is 0 Å². The Labute approximate surface area is 136 Å². The minimum Gasteiger partial charge on any atom is -0.353 e. The average molecular weight is 316 g/mol. The Morgan fingerprint density at radius 3 is 2.87 bits per heavy atom. The Morgan fingerprint density at radius 2 is 2.17 bits per heavy atom. The van der Waals surface area contributed by atoms with Gasteiger partial charge in [0.15, 0.2) is 6.29 Å². The van der Waals surface area contributed by atoms with Crippen molar-refractivity contribution in [1.82, 2.24) is 20.3 Å². The van der Waals surface area contributed by atoms with Gasteiger partial charge in [0, 0.05) is 12.6 Å². The van der Waals surface area contributed by atoms with Crippen molar-refractivity contribution < 1.29 is 9.47 Å². The van der Waals surface area contributed by atoms with Gasteiger partial charge in [-0.15, -0.1) is 5.10 Å². The molecule has 2 aromatic rings. The number of ether oxygens (including phenoxy) is 2. The quantitative estimate of drug-likeness (QED) is 0.887. The molecule has 2 heterocycles. The zero-order valence-corrected chi connectivity index (χ0v) is 13.7. The third kappa shape index (κ3) is 4.16. The number of nitrogens with zero attached hydrogens (tertiary/aromatic N) is 3. The lowest BCUT2D eigenvalue weighted by Gasteiger charge is -2.22. The molecule has 0 spiro atoms. The van der Waals surface area contributed by atoms with Crippen LogP contribution in [0.25, 0.3) is 5.69 Å². The highest BCUT2D eigenvalue weighted by molar-refractivity contribution is 5.34. The van der Waals surface area contributed by atoms with E-state index in [0.29, 0.717) is 12.6 Å². The number of rotatable bonds is 6. The fourth-order valence-electron chi connectivity index (χ4n) is 2.59. The number of aromatic nitrogens is 3. The van der Waals surface area contributed by atoms with Gasteiger partial charge in [0.05, 0.1) is 18.5 Å². The third-order valence-corrected chi connectivity index (χ3v) is 4.19. The summed E-state index contributed by atoms with van der Waals surface area (Å²) in [5.74, 6) is 0. The van der Waals surface area contributed by atoms with Crippen molar-refractivity contribution >= 4 is 0 Å². The van der Waals surface area contributed by atoms with E-state index < -0.39 is 0 Å². The van der Waals surface area contributed by atoms with Crippen molar-refractivity contribution in [2.45, 2.75) is 45.1 Å². The molecule has 1 aromatic carbocycles. The maximum absolute atomic E-state index is 5.74. The Bertz CT molecular complexity index is 605. The highest BCUT2D eigenvalue weighted by Crippen LogP contribution is 2.17. The molecule has 0 radical (unpaired) electrons. The first-order valence-corrected chi connectivity index (χ1v) is 8.18. The predicted octanol–water partition coefficient (Wildman–Crippen LogP) is 2.59. The van der Waals surface area contributed by atoms with E-state index in [0.717, 1.165) is 37.3 Å². The van der Waals surface area contributed by atoms with E-state index >= 15 is 0 Å². The van der Waals surface area contributed by atoms with Gasteiger partial charge in [-0.1, -0.05) is 17.3 Å². The first-order valence-electron chi connectivity index (χ1n) is 8.18. The van der Waals surface area contributed by atoms with Gasteiger partial charge in [0.1, 0.15) is 5.69 Å². The molecule has 0 amide bonds. The number of nitrogens with one attached hydrogen (secondary N) is 1. The van der Waals surface area contributed by atoms with E-state index in [9.17, 15) is 0 Å². The summed E-state index contributed by atoms with van der Waals surface area (Å²) >= 11 is 0. The van der Waals surface area contributed by atoms with Gasteiger partial charge in [-0.2, -0.15) is 0 Å². The molecule has 0 saturated carbocycles. The fraction of sp³-hybridized carbons (Fsp3) is 0.529. The monoisotopic (exact) mass is 316 g/mol. The minimum absolute atomic E-state index is 0.101. The molecule has 0 bridgehead atoms. The van der Waals surface area contributed by atoms with E-state index in [4.69, 9.17) is 9.47 Å². The van der Waals surface area contributed by atoms with Crippen LogP contribution >= 0.6 is 0 Å². The molecule has 2 atom stereocenters. The number of benzene rings is 1. The van der Waals surface area contributed by atoms with Gasteiger partial charge in [0.2, 0.25) is 0 Å². The van der Waals surface area contributed by atoms with Crippen molar-refractivity contribution in [2.24, 2.45) is 0 Å². The zero-order chi connectivity index (χ0) is 16.1. The third-order valence-electron chi connectivity index (χ3n) is 4.19. The molecule has 6 nitrogen and oxygen atoms in total. The molecule has 1 fully saturated rings. The second-order valence-corrected chi connectivity index (χ2v) is 5.86. The first-order chi connectivity index (χ1) is 11.3. The Balaban J connectivity index is 1.59. The summed E-state index contributed by atoms with van der Waals surface area (Å²) in [4.78, 5) is 0. The van der Waals surface area contributed by atoms with Crippen LogP contribution in [0, 0.1) is 0 Å². The van der Waals surface area contributed by atoms with Gasteiger partial charge in [-0.05, 0) is 50.9 Å². The van der Waals surface area contributed by atoms with Crippen LogP contribution in [0.1, 0.15) is 43.5 Å². The van der Waals surface area contributed by atoms with Crippen molar-refractivity contribution in [3.8, 4) is 5.69 Å². The van der Waals surface area contributed by atoms with Crippen LogP contribution in [0.3, 0.4) is 0 Å². The van der Waals surface area contributed by atoms with Crippen LogP contribution in [-0.4, -0.2) is 34.9 Å². The van der Waals surface area contributed by atoms with Crippen LogP contribution in [0.4, 0.5) is 0 Å². The highest BCUT2D eigenvalue weighted by Gasteiger charge is 2.15. The zero-order valence-electron chi connectivity index (χ0n) is 13.7. The number of hydrogen-bond acceptors (Lipinski definition) is 5. The summed E-state index contributed by atoms with van der Waals surface area (Å²) in [6, 6.07) is 8.63. The molecular formula is C17H24N4O2. The highest BCUT2D eigenvalue weighted by atomic mass is 16.7. The second kappa shape index (κ2) is 7.68. The first kappa shape index (κ1) is 16.1. The summed E-state index contributed by atoms with van der Waals surface area (Å²) < 4.78 is 13.1. The molecule has 2 unspecified atom stereocenters. The van der Waals surface area contributed by atoms with Crippen LogP contribution in [0.15, 0.2) is 30.5 Å². The molecule has 23 heavy (non-hydrogen) atoms. The number of hydrogen-bond donors (Lipinski definition) is 1.